The highest BCUT2D eigenvalue weighted by Crippen LogP contribution is 2.05. The number of methoxy groups -OCH3 is 1. The number of alkyl halides is 1. The molecule has 1 N–H and O–H groups in total. The standard InChI is InChI=1S/C9H18BrNO3/c1-3-4-11(5-6-12)7-8(10)9(13)14-2/h8,12H,3-7H2,1-2H3. The molecule has 0 aromatic carbocycles. The molecule has 0 aliphatic rings. The molecule has 0 bridgehead atoms. The van der Waals surface area contributed by atoms with Crippen molar-refractivity contribution in [1.29, 1.82) is 0 Å². The maximum atomic E-state index is 11.1. The summed E-state index contributed by atoms with van der Waals surface area (Å²) in [6, 6.07) is 0. The highest BCUT2D eigenvalue weighted by atomic mass is 79.9. The summed E-state index contributed by atoms with van der Waals surface area (Å²) in [6.07, 6.45) is 1.00. The van der Waals surface area contributed by atoms with Gasteiger partial charge in [-0.2, -0.15) is 0 Å². The van der Waals surface area contributed by atoms with Crippen LogP contribution in [0.15, 0.2) is 0 Å². The molecule has 0 saturated heterocycles. The van der Waals surface area contributed by atoms with Gasteiger partial charge in [-0.3, -0.25) is 9.69 Å². The molecule has 0 fully saturated rings. The predicted octanol–water partition coefficient (Wildman–Crippen LogP) is 0.627. The van der Waals surface area contributed by atoms with E-state index < -0.39 is 0 Å². The number of nitrogens with zero attached hydrogens (tertiary/aromatic N) is 1. The van der Waals surface area contributed by atoms with Gasteiger partial charge in [-0.15, -0.1) is 0 Å². The van der Waals surface area contributed by atoms with Crippen molar-refractivity contribution in [3.05, 3.63) is 0 Å². The minimum Gasteiger partial charge on any atom is -0.468 e. The van der Waals surface area contributed by atoms with E-state index in [2.05, 4.69) is 27.6 Å². The Hall–Kier alpha value is -0.130. The molecule has 0 radical (unpaired) electrons. The van der Waals surface area contributed by atoms with Gasteiger partial charge in [-0.05, 0) is 13.0 Å². The predicted molar refractivity (Wildman–Crippen MR) is 58.5 cm³/mol. The number of aliphatic hydroxyl groups excluding tert-OH is 1. The van der Waals surface area contributed by atoms with Crippen LogP contribution in [0, 0.1) is 0 Å². The van der Waals surface area contributed by atoms with Crippen LogP contribution in [0.3, 0.4) is 0 Å². The van der Waals surface area contributed by atoms with Crippen molar-refractivity contribution < 1.29 is 14.6 Å². The zero-order valence-corrected chi connectivity index (χ0v) is 10.3. The second-order valence-electron chi connectivity index (χ2n) is 3.01. The third-order valence-electron chi connectivity index (χ3n) is 1.83. The number of carbonyl (C=O) groups is 1. The Labute approximate surface area is 93.4 Å². The lowest BCUT2D eigenvalue weighted by atomic mass is 10.3. The maximum Gasteiger partial charge on any atom is 0.320 e. The Morgan fingerprint density at radius 2 is 2.21 bits per heavy atom. The van der Waals surface area contributed by atoms with Gasteiger partial charge < -0.3 is 9.84 Å². The molecule has 4 nitrogen and oxygen atoms in total. The van der Waals surface area contributed by atoms with Crippen LogP contribution < -0.4 is 0 Å². The van der Waals surface area contributed by atoms with Crippen molar-refractivity contribution >= 4 is 21.9 Å². The molecular formula is C9H18BrNO3. The first-order chi connectivity index (χ1) is 6.65. The Morgan fingerprint density at radius 3 is 2.64 bits per heavy atom. The summed E-state index contributed by atoms with van der Waals surface area (Å²) in [6.45, 7) is 4.21. The van der Waals surface area contributed by atoms with Crippen LogP contribution in [0.1, 0.15) is 13.3 Å². The van der Waals surface area contributed by atoms with E-state index in [0.29, 0.717) is 13.1 Å². The van der Waals surface area contributed by atoms with Crippen LogP contribution in [0.25, 0.3) is 0 Å². The number of halogens is 1. The van der Waals surface area contributed by atoms with Crippen LogP contribution in [-0.2, 0) is 9.53 Å². The van der Waals surface area contributed by atoms with Crippen LogP contribution in [0.5, 0.6) is 0 Å². The zero-order chi connectivity index (χ0) is 11.0. The summed E-state index contributed by atoms with van der Waals surface area (Å²) < 4.78 is 4.59. The van der Waals surface area contributed by atoms with Gasteiger partial charge in [-0.25, -0.2) is 0 Å². The monoisotopic (exact) mass is 267 g/mol. The normalized spacial score (nSPS) is 12.9. The lowest BCUT2D eigenvalue weighted by Crippen LogP contribution is -2.36. The van der Waals surface area contributed by atoms with Crippen molar-refractivity contribution in [3.63, 3.8) is 0 Å². The fourth-order valence-electron chi connectivity index (χ4n) is 1.18. The Bertz CT molecular complexity index is 160. The molecule has 0 aromatic heterocycles. The summed E-state index contributed by atoms with van der Waals surface area (Å²) in [5.41, 5.74) is 0. The number of carbonyl (C=O) groups excluding carboxylic acids is 1. The molecule has 0 aliphatic carbocycles. The number of rotatable bonds is 7. The van der Waals surface area contributed by atoms with E-state index in [0.717, 1.165) is 13.0 Å². The Kier molecular flexibility index (Phi) is 8.12. The lowest BCUT2D eigenvalue weighted by Gasteiger charge is -2.22. The second-order valence-corrected chi connectivity index (χ2v) is 4.12. The molecule has 1 atom stereocenters. The summed E-state index contributed by atoms with van der Waals surface area (Å²) in [5, 5.41) is 8.80. The molecule has 14 heavy (non-hydrogen) atoms. The minimum absolute atomic E-state index is 0.112. The van der Waals surface area contributed by atoms with E-state index in [9.17, 15) is 4.79 Å². The van der Waals surface area contributed by atoms with E-state index >= 15 is 0 Å². The number of aliphatic hydroxyl groups is 1. The minimum atomic E-state index is -0.314. The lowest BCUT2D eigenvalue weighted by molar-refractivity contribution is -0.140. The van der Waals surface area contributed by atoms with E-state index in [1.807, 2.05) is 4.90 Å². The molecule has 0 saturated carbocycles. The summed E-state index contributed by atoms with van der Waals surface area (Å²) in [7, 11) is 1.37. The van der Waals surface area contributed by atoms with Crippen molar-refractivity contribution in [2.24, 2.45) is 0 Å². The molecule has 0 amide bonds. The molecule has 0 aliphatic heterocycles. The van der Waals surface area contributed by atoms with E-state index in [4.69, 9.17) is 5.11 Å². The molecular weight excluding hydrogens is 250 g/mol. The zero-order valence-electron chi connectivity index (χ0n) is 8.70. The summed E-state index contributed by atoms with van der Waals surface area (Å²) in [5.74, 6) is -0.274. The van der Waals surface area contributed by atoms with Gasteiger partial charge in [0.1, 0.15) is 4.83 Å². The fraction of sp³-hybridized carbons (Fsp3) is 0.889. The van der Waals surface area contributed by atoms with Gasteiger partial charge in [-0.1, -0.05) is 22.9 Å². The Balaban J connectivity index is 3.94. The molecule has 84 valence electrons. The number of ether oxygens (including phenoxy) is 1. The van der Waals surface area contributed by atoms with E-state index in [1.54, 1.807) is 0 Å². The largest absolute Gasteiger partial charge is 0.468 e. The average molecular weight is 268 g/mol. The third-order valence-corrected chi connectivity index (χ3v) is 2.49. The van der Waals surface area contributed by atoms with Crippen molar-refractivity contribution in [2.75, 3.05) is 33.4 Å². The quantitative estimate of drug-likeness (QED) is 0.543. The average Bonchev–Trinajstić information content (AvgIpc) is 2.17. The Morgan fingerprint density at radius 1 is 1.57 bits per heavy atom. The molecule has 0 rings (SSSR count). The highest BCUT2D eigenvalue weighted by molar-refractivity contribution is 9.10. The van der Waals surface area contributed by atoms with Gasteiger partial charge >= 0.3 is 5.97 Å². The number of esters is 1. The van der Waals surface area contributed by atoms with Crippen LogP contribution in [-0.4, -0.2) is 54.2 Å². The van der Waals surface area contributed by atoms with Crippen molar-refractivity contribution in [3.8, 4) is 0 Å². The highest BCUT2D eigenvalue weighted by Gasteiger charge is 2.18. The first-order valence-corrected chi connectivity index (χ1v) is 5.62. The second kappa shape index (κ2) is 8.20. The molecule has 0 heterocycles. The smallest absolute Gasteiger partial charge is 0.320 e. The first kappa shape index (κ1) is 13.9. The van der Waals surface area contributed by atoms with Crippen LogP contribution >= 0.6 is 15.9 Å². The van der Waals surface area contributed by atoms with Gasteiger partial charge in [0.25, 0.3) is 0 Å². The molecule has 5 heteroatoms. The fourth-order valence-corrected chi connectivity index (χ4v) is 1.78. The van der Waals surface area contributed by atoms with Gasteiger partial charge in [0, 0.05) is 13.1 Å². The third kappa shape index (κ3) is 5.57. The molecule has 0 aromatic rings. The van der Waals surface area contributed by atoms with E-state index in [1.165, 1.54) is 7.11 Å². The summed E-state index contributed by atoms with van der Waals surface area (Å²) >= 11 is 3.25. The number of hydrogen-bond acceptors (Lipinski definition) is 4. The molecule has 0 spiro atoms. The SMILES string of the molecule is CCCN(CCO)CC(Br)C(=O)OC. The van der Waals surface area contributed by atoms with Crippen molar-refractivity contribution in [1.82, 2.24) is 4.90 Å². The summed E-state index contributed by atoms with van der Waals surface area (Å²) in [4.78, 5) is 12.8. The van der Waals surface area contributed by atoms with Crippen molar-refractivity contribution in [2.45, 2.75) is 18.2 Å². The van der Waals surface area contributed by atoms with Gasteiger partial charge in [0.15, 0.2) is 0 Å². The van der Waals surface area contributed by atoms with E-state index in [-0.39, 0.29) is 17.4 Å². The number of hydrogen-bond donors (Lipinski definition) is 1. The maximum absolute atomic E-state index is 11.1. The topological polar surface area (TPSA) is 49.8 Å². The van der Waals surface area contributed by atoms with Crippen LogP contribution in [0.2, 0.25) is 0 Å². The van der Waals surface area contributed by atoms with Crippen LogP contribution in [0.4, 0.5) is 0 Å². The molecule has 1 unspecified atom stereocenters. The van der Waals surface area contributed by atoms with Gasteiger partial charge in [0.05, 0.1) is 13.7 Å². The first-order valence-electron chi connectivity index (χ1n) is 4.70. The van der Waals surface area contributed by atoms with Gasteiger partial charge in [0.2, 0.25) is 0 Å².